The lowest BCUT2D eigenvalue weighted by atomic mass is 10.1. The summed E-state index contributed by atoms with van der Waals surface area (Å²) in [6.45, 7) is 5.71. The predicted octanol–water partition coefficient (Wildman–Crippen LogP) is 3.12. The first-order valence-corrected chi connectivity index (χ1v) is 5.78. The maximum Gasteiger partial charge on any atom is 0.227 e. The molecule has 1 aromatic heterocycles. The number of aromatic nitrogens is 1. The molecule has 0 fully saturated rings. The number of rotatable bonds is 3. The molecule has 1 N–H and O–H groups in total. The molecule has 4 nitrogen and oxygen atoms in total. The van der Waals surface area contributed by atoms with Crippen molar-refractivity contribution in [1.29, 1.82) is 0 Å². The van der Waals surface area contributed by atoms with Crippen molar-refractivity contribution < 1.29 is 9.21 Å². The second kappa shape index (κ2) is 4.57. The van der Waals surface area contributed by atoms with Gasteiger partial charge in [-0.2, -0.15) is 0 Å². The van der Waals surface area contributed by atoms with Crippen LogP contribution in [0.3, 0.4) is 0 Å². The van der Waals surface area contributed by atoms with E-state index < -0.39 is 0 Å². The van der Waals surface area contributed by atoms with Gasteiger partial charge in [-0.25, -0.2) is 4.98 Å². The summed E-state index contributed by atoms with van der Waals surface area (Å²) < 4.78 is 5.41. The molecule has 1 unspecified atom stereocenters. The molecular formula is C13H16N2O2. The molecule has 17 heavy (non-hydrogen) atoms. The van der Waals surface area contributed by atoms with Gasteiger partial charge in [0.2, 0.25) is 5.91 Å². The Morgan fingerprint density at radius 2 is 2.29 bits per heavy atom. The highest BCUT2D eigenvalue weighted by Crippen LogP contribution is 2.20. The van der Waals surface area contributed by atoms with Gasteiger partial charge in [-0.05, 0) is 18.6 Å². The molecule has 0 aliphatic rings. The van der Waals surface area contributed by atoms with Crippen LogP contribution in [0, 0.1) is 12.8 Å². The third kappa shape index (κ3) is 2.46. The van der Waals surface area contributed by atoms with E-state index in [0.717, 1.165) is 17.6 Å². The van der Waals surface area contributed by atoms with Crippen LogP contribution in [0.1, 0.15) is 26.2 Å². The summed E-state index contributed by atoms with van der Waals surface area (Å²) in [6.07, 6.45) is 0.829. The number of fused-ring (bicyclic) bond motifs is 1. The highest BCUT2D eigenvalue weighted by molar-refractivity contribution is 5.94. The zero-order valence-corrected chi connectivity index (χ0v) is 10.3. The predicted molar refractivity (Wildman–Crippen MR) is 66.8 cm³/mol. The Hall–Kier alpha value is -1.84. The minimum atomic E-state index is 0.0159. The molecule has 1 heterocycles. The lowest BCUT2D eigenvalue weighted by Crippen LogP contribution is -2.19. The third-order valence-corrected chi connectivity index (χ3v) is 2.82. The van der Waals surface area contributed by atoms with Gasteiger partial charge in [0.05, 0.1) is 0 Å². The minimum Gasteiger partial charge on any atom is -0.441 e. The summed E-state index contributed by atoms with van der Waals surface area (Å²) in [5, 5.41) is 2.87. The van der Waals surface area contributed by atoms with Crippen molar-refractivity contribution in [3.63, 3.8) is 0 Å². The number of oxazole rings is 1. The largest absolute Gasteiger partial charge is 0.441 e. The molecule has 0 saturated carbocycles. The number of nitrogens with one attached hydrogen (secondary N) is 1. The summed E-state index contributed by atoms with van der Waals surface area (Å²) in [7, 11) is 0. The average Bonchev–Trinajstić information content (AvgIpc) is 2.67. The van der Waals surface area contributed by atoms with Crippen LogP contribution >= 0.6 is 0 Å². The average molecular weight is 232 g/mol. The number of carbonyl (C=O) groups is 1. The highest BCUT2D eigenvalue weighted by atomic mass is 16.3. The summed E-state index contributed by atoms with van der Waals surface area (Å²) >= 11 is 0. The molecule has 1 aromatic carbocycles. The zero-order chi connectivity index (χ0) is 12.4. The Bertz CT molecular complexity index is 545. The molecule has 0 bridgehead atoms. The summed E-state index contributed by atoms with van der Waals surface area (Å²) in [5.74, 6) is 0.677. The number of amides is 1. The van der Waals surface area contributed by atoms with Gasteiger partial charge in [0.15, 0.2) is 11.5 Å². The Labute approximate surface area is 100 Å². The number of hydrogen-bond acceptors (Lipinski definition) is 3. The molecule has 2 aromatic rings. The number of nitrogens with zero attached hydrogens (tertiary/aromatic N) is 1. The van der Waals surface area contributed by atoms with Gasteiger partial charge in [0.1, 0.15) is 5.52 Å². The van der Waals surface area contributed by atoms with E-state index in [2.05, 4.69) is 10.3 Å². The van der Waals surface area contributed by atoms with Gasteiger partial charge in [0.25, 0.3) is 0 Å². The van der Waals surface area contributed by atoms with E-state index in [1.807, 2.05) is 26.0 Å². The van der Waals surface area contributed by atoms with Crippen LogP contribution in [0.15, 0.2) is 22.6 Å². The Balaban J connectivity index is 2.22. The lowest BCUT2D eigenvalue weighted by molar-refractivity contribution is -0.119. The van der Waals surface area contributed by atoms with Crippen molar-refractivity contribution in [3.8, 4) is 0 Å². The number of benzene rings is 1. The van der Waals surface area contributed by atoms with Gasteiger partial charge in [-0.15, -0.1) is 0 Å². The van der Waals surface area contributed by atoms with E-state index in [4.69, 9.17) is 4.42 Å². The first-order chi connectivity index (χ1) is 8.10. The van der Waals surface area contributed by atoms with Gasteiger partial charge in [-0.1, -0.05) is 13.8 Å². The van der Waals surface area contributed by atoms with Crippen molar-refractivity contribution in [1.82, 2.24) is 4.98 Å². The standard InChI is InChI=1S/C13H16N2O2/c1-4-8(2)13(16)15-10-5-6-11-12(7-10)17-9(3)14-11/h5-8H,4H2,1-3H3,(H,15,16). The van der Waals surface area contributed by atoms with E-state index in [1.54, 1.807) is 13.0 Å². The van der Waals surface area contributed by atoms with Crippen LogP contribution in [0.2, 0.25) is 0 Å². The highest BCUT2D eigenvalue weighted by Gasteiger charge is 2.11. The van der Waals surface area contributed by atoms with Gasteiger partial charge < -0.3 is 9.73 Å². The second-order valence-corrected chi connectivity index (χ2v) is 4.21. The summed E-state index contributed by atoms with van der Waals surface area (Å²) in [6, 6.07) is 5.48. The van der Waals surface area contributed by atoms with Gasteiger partial charge in [0, 0.05) is 24.6 Å². The van der Waals surface area contributed by atoms with Crippen molar-refractivity contribution in [2.24, 2.45) is 5.92 Å². The first kappa shape index (κ1) is 11.6. The van der Waals surface area contributed by atoms with Crippen LogP contribution in [0.4, 0.5) is 5.69 Å². The third-order valence-electron chi connectivity index (χ3n) is 2.82. The van der Waals surface area contributed by atoms with Crippen molar-refractivity contribution >= 4 is 22.7 Å². The SMILES string of the molecule is CCC(C)C(=O)Nc1ccc2nc(C)oc2c1. The van der Waals surface area contributed by atoms with Crippen molar-refractivity contribution in [2.75, 3.05) is 5.32 Å². The van der Waals surface area contributed by atoms with Crippen LogP contribution < -0.4 is 5.32 Å². The fraction of sp³-hybridized carbons (Fsp3) is 0.385. The fourth-order valence-electron chi connectivity index (χ4n) is 1.57. The molecule has 90 valence electrons. The van der Waals surface area contributed by atoms with Crippen LogP contribution in [-0.2, 0) is 4.79 Å². The van der Waals surface area contributed by atoms with Gasteiger partial charge >= 0.3 is 0 Å². The smallest absolute Gasteiger partial charge is 0.227 e. The summed E-state index contributed by atoms with van der Waals surface area (Å²) in [4.78, 5) is 15.9. The molecule has 2 rings (SSSR count). The van der Waals surface area contributed by atoms with E-state index >= 15 is 0 Å². The molecule has 4 heteroatoms. The number of hydrogen-bond donors (Lipinski definition) is 1. The second-order valence-electron chi connectivity index (χ2n) is 4.21. The maximum absolute atomic E-state index is 11.7. The lowest BCUT2D eigenvalue weighted by Gasteiger charge is -2.09. The Morgan fingerprint density at radius 3 is 3.00 bits per heavy atom. The molecule has 1 amide bonds. The van der Waals surface area contributed by atoms with Crippen LogP contribution in [-0.4, -0.2) is 10.9 Å². The fourth-order valence-corrected chi connectivity index (χ4v) is 1.57. The summed E-state index contributed by atoms with van der Waals surface area (Å²) in [5.41, 5.74) is 2.26. The maximum atomic E-state index is 11.7. The van der Waals surface area contributed by atoms with Crippen LogP contribution in [0.5, 0.6) is 0 Å². The van der Waals surface area contributed by atoms with Crippen molar-refractivity contribution in [3.05, 3.63) is 24.1 Å². The number of anilines is 1. The first-order valence-electron chi connectivity index (χ1n) is 5.78. The molecule has 0 radical (unpaired) electrons. The molecule has 0 aliphatic carbocycles. The van der Waals surface area contributed by atoms with E-state index in [-0.39, 0.29) is 11.8 Å². The molecule has 1 atom stereocenters. The van der Waals surface area contributed by atoms with E-state index in [1.165, 1.54) is 0 Å². The number of aryl methyl sites for hydroxylation is 1. The molecule has 0 aliphatic heterocycles. The quantitative estimate of drug-likeness (QED) is 0.884. The Morgan fingerprint density at radius 1 is 1.53 bits per heavy atom. The van der Waals surface area contributed by atoms with E-state index in [9.17, 15) is 4.79 Å². The Kier molecular flexibility index (Phi) is 3.13. The monoisotopic (exact) mass is 232 g/mol. The molecule has 0 saturated heterocycles. The van der Waals surface area contributed by atoms with Crippen LogP contribution in [0.25, 0.3) is 11.1 Å². The zero-order valence-electron chi connectivity index (χ0n) is 10.3. The van der Waals surface area contributed by atoms with E-state index in [0.29, 0.717) is 11.5 Å². The molecule has 0 spiro atoms. The normalized spacial score (nSPS) is 12.6. The van der Waals surface area contributed by atoms with Gasteiger partial charge in [-0.3, -0.25) is 4.79 Å². The number of carbonyl (C=O) groups excluding carboxylic acids is 1. The molecular weight excluding hydrogens is 216 g/mol. The van der Waals surface area contributed by atoms with Crippen molar-refractivity contribution in [2.45, 2.75) is 27.2 Å². The minimum absolute atomic E-state index is 0.0159. The topological polar surface area (TPSA) is 55.1 Å².